The summed E-state index contributed by atoms with van der Waals surface area (Å²) in [6.45, 7) is 6.94. The molecular weight excluding hydrogens is 410 g/mol. The second-order valence-electron chi connectivity index (χ2n) is 10.4. The summed E-state index contributed by atoms with van der Waals surface area (Å²) in [6.07, 6.45) is 5.03. The molecule has 0 N–H and O–H groups in total. The summed E-state index contributed by atoms with van der Waals surface area (Å²) in [5.41, 5.74) is 0.801. The molecule has 4 aliphatic rings. The molecule has 2 bridgehead atoms. The van der Waals surface area contributed by atoms with Gasteiger partial charge in [0.2, 0.25) is 11.8 Å². The van der Waals surface area contributed by atoms with Crippen molar-refractivity contribution in [1.29, 1.82) is 0 Å². The molecular formula is C25H31NO4S. The summed E-state index contributed by atoms with van der Waals surface area (Å²) < 4.78 is 19.5. The minimum Gasteiger partial charge on any atom is -0.376 e. The van der Waals surface area contributed by atoms with Crippen LogP contribution in [-0.4, -0.2) is 34.5 Å². The lowest BCUT2D eigenvalue weighted by atomic mass is 9.71. The number of amides is 2. The molecule has 3 fully saturated rings. The first-order valence-electron chi connectivity index (χ1n) is 11.3. The molecule has 31 heavy (non-hydrogen) atoms. The number of anilines is 1. The van der Waals surface area contributed by atoms with Gasteiger partial charge in [0.1, 0.15) is 0 Å². The zero-order valence-corrected chi connectivity index (χ0v) is 19.5. The number of rotatable bonds is 4. The van der Waals surface area contributed by atoms with Gasteiger partial charge in [-0.05, 0) is 60.6 Å². The van der Waals surface area contributed by atoms with E-state index in [2.05, 4.69) is 20.8 Å². The summed E-state index contributed by atoms with van der Waals surface area (Å²) in [6, 6.07) is 9.06. The Hall–Kier alpha value is -1.79. The van der Waals surface area contributed by atoms with Gasteiger partial charge >= 0.3 is 0 Å². The monoisotopic (exact) mass is 441 g/mol. The van der Waals surface area contributed by atoms with E-state index in [-0.39, 0.29) is 27.9 Å². The van der Waals surface area contributed by atoms with Crippen LogP contribution in [0.1, 0.15) is 46.5 Å². The maximum atomic E-state index is 13.9. The number of ether oxygens (including phenoxy) is 1. The van der Waals surface area contributed by atoms with Crippen molar-refractivity contribution in [2.45, 2.75) is 57.8 Å². The third-order valence-corrected chi connectivity index (χ3v) is 11.2. The first kappa shape index (κ1) is 21.1. The number of carbonyl (C=O) groups excluding carboxylic acids is 2. The van der Waals surface area contributed by atoms with Crippen molar-refractivity contribution in [3.63, 3.8) is 0 Å². The molecule has 1 aliphatic heterocycles. The molecule has 1 aromatic carbocycles. The third-order valence-electron chi connectivity index (χ3n) is 9.12. The molecule has 6 heteroatoms. The molecule has 3 aliphatic carbocycles. The van der Waals surface area contributed by atoms with Gasteiger partial charge in [0.25, 0.3) is 0 Å². The fraction of sp³-hybridized carbons (Fsp3) is 0.600. The highest BCUT2D eigenvalue weighted by molar-refractivity contribution is 7.89. The maximum Gasteiger partial charge on any atom is 0.240 e. The molecule has 0 radical (unpaired) electrons. The van der Waals surface area contributed by atoms with E-state index in [1.54, 1.807) is 19.2 Å². The van der Waals surface area contributed by atoms with Crippen molar-refractivity contribution >= 4 is 28.3 Å². The average Bonchev–Trinajstić information content (AvgIpc) is 3.24. The highest BCUT2D eigenvalue weighted by Crippen LogP contribution is 2.67. The summed E-state index contributed by atoms with van der Waals surface area (Å²) >= 11 is 0. The second kappa shape index (κ2) is 7.11. The van der Waals surface area contributed by atoms with Gasteiger partial charge < -0.3 is 4.74 Å². The molecule has 0 spiro atoms. The average molecular weight is 442 g/mol. The fourth-order valence-corrected chi connectivity index (χ4v) is 9.02. The number of hydrogen-bond donors (Lipinski definition) is 0. The molecule has 1 heterocycles. The normalized spacial score (nSPS) is 39.5. The molecule has 5 rings (SSSR count). The van der Waals surface area contributed by atoms with Crippen LogP contribution in [0.25, 0.3) is 0 Å². The van der Waals surface area contributed by atoms with Crippen molar-refractivity contribution in [1.82, 2.24) is 0 Å². The zero-order chi connectivity index (χ0) is 22.1. The summed E-state index contributed by atoms with van der Waals surface area (Å²) in [4.78, 5) is 28.6. The molecule has 2 saturated carbocycles. The van der Waals surface area contributed by atoms with Crippen LogP contribution < -0.4 is 4.90 Å². The van der Waals surface area contributed by atoms with E-state index in [9.17, 15) is 13.8 Å². The van der Waals surface area contributed by atoms with Gasteiger partial charge in [0.15, 0.2) is 0 Å². The van der Waals surface area contributed by atoms with E-state index in [0.717, 1.165) is 17.7 Å². The van der Waals surface area contributed by atoms with Gasteiger partial charge in [-0.25, -0.2) is 4.90 Å². The second-order valence-corrected chi connectivity index (χ2v) is 12.1. The van der Waals surface area contributed by atoms with Gasteiger partial charge in [-0.3, -0.25) is 13.8 Å². The maximum absolute atomic E-state index is 13.9. The first-order valence-corrected chi connectivity index (χ1v) is 12.5. The van der Waals surface area contributed by atoms with Crippen molar-refractivity contribution < 1.29 is 18.5 Å². The van der Waals surface area contributed by atoms with E-state index in [1.807, 2.05) is 24.3 Å². The topological polar surface area (TPSA) is 63.7 Å². The lowest BCUT2D eigenvalue weighted by Crippen LogP contribution is -2.40. The number of nitrogens with zero attached hydrogens (tertiary/aromatic N) is 1. The van der Waals surface area contributed by atoms with Gasteiger partial charge in [0.05, 0.1) is 34.4 Å². The smallest absolute Gasteiger partial charge is 0.240 e. The Morgan fingerprint density at radius 2 is 1.81 bits per heavy atom. The van der Waals surface area contributed by atoms with E-state index >= 15 is 0 Å². The number of para-hydroxylation sites is 1. The van der Waals surface area contributed by atoms with Gasteiger partial charge in [-0.2, -0.15) is 0 Å². The summed E-state index contributed by atoms with van der Waals surface area (Å²) in [5.74, 6) is -0.885. The minimum atomic E-state index is -1.18. The highest BCUT2D eigenvalue weighted by Gasteiger charge is 2.63. The third kappa shape index (κ3) is 2.80. The molecule has 0 unspecified atom stereocenters. The first-order chi connectivity index (χ1) is 14.7. The minimum absolute atomic E-state index is 0.0361. The van der Waals surface area contributed by atoms with Crippen LogP contribution in [0.3, 0.4) is 0 Å². The lowest BCUT2D eigenvalue weighted by molar-refractivity contribution is -0.124. The van der Waals surface area contributed by atoms with Crippen LogP contribution in [0.5, 0.6) is 0 Å². The largest absolute Gasteiger partial charge is 0.376 e. The lowest BCUT2D eigenvalue weighted by Gasteiger charge is -2.39. The van der Waals surface area contributed by atoms with Crippen LogP contribution in [0, 0.1) is 28.6 Å². The van der Waals surface area contributed by atoms with Gasteiger partial charge in [-0.15, -0.1) is 0 Å². The van der Waals surface area contributed by atoms with E-state index in [4.69, 9.17) is 4.74 Å². The van der Waals surface area contributed by atoms with E-state index in [0.29, 0.717) is 18.0 Å². The van der Waals surface area contributed by atoms with Crippen LogP contribution in [0.15, 0.2) is 41.3 Å². The Kier molecular flexibility index (Phi) is 4.83. The van der Waals surface area contributed by atoms with Crippen molar-refractivity contribution in [2.24, 2.45) is 28.6 Å². The van der Waals surface area contributed by atoms with E-state index in [1.165, 1.54) is 11.3 Å². The molecule has 1 aromatic rings. The number of methoxy groups -OCH3 is 1. The quantitative estimate of drug-likeness (QED) is 0.661. The molecule has 0 aromatic heterocycles. The molecule has 7 atom stereocenters. The van der Waals surface area contributed by atoms with Crippen molar-refractivity contribution in [3.05, 3.63) is 41.3 Å². The van der Waals surface area contributed by atoms with Crippen LogP contribution in [0.4, 0.5) is 5.69 Å². The van der Waals surface area contributed by atoms with Crippen molar-refractivity contribution in [3.8, 4) is 0 Å². The molecule has 1 saturated heterocycles. The van der Waals surface area contributed by atoms with E-state index < -0.39 is 28.7 Å². The number of imide groups is 1. The Morgan fingerprint density at radius 3 is 2.39 bits per heavy atom. The standard InChI is InChI=1S/C25H31NO4S/c1-24(2)15-10-11-25(24,3)20(12-15)31(29)17-13-18-21(19(14-17)30-4)23(28)26(22(18)27)16-8-6-5-7-9-16/h5-9,14-15,18-21H,10-13H2,1-4H3/t15-,18-,19+,20-,21-,25+,31+/m0/s1. The Balaban J connectivity index is 1.45. The van der Waals surface area contributed by atoms with Crippen LogP contribution in [-0.2, 0) is 25.1 Å². The van der Waals surface area contributed by atoms with Crippen molar-refractivity contribution in [2.75, 3.05) is 12.0 Å². The number of allylic oxidation sites excluding steroid dienone is 1. The Bertz CT molecular complexity index is 986. The van der Waals surface area contributed by atoms with Gasteiger partial charge in [-0.1, -0.05) is 39.0 Å². The van der Waals surface area contributed by atoms with Crippen LogP contribution in [0.2, 0.25) is 0 Å². The molecule has 166 valence electrons. The Morgan fingerprint density at radius 1 is 1.10 bits per heavy atom. The number of benzene rings is 1. The number of hydrogen-bond acceptors (Lipinski definition) is 4. The molecule has 2 amide bonds. The fourth-order valence-electron chi connectivity index (χ4n) is 6.74. The Labute approximate surface area is 186 Å². The zero-order valence-electron chi connectivity index (χ0n) is 18.7. The summed E-state index contributed by atoms with van der Waals surface area (Å²) in [7, 11) is 0.383. The SMILES string of the molecule is CO[C@@H]1C=C([S@@](=O)[C@H]2C[C@@H]3CC[C@@]2(C)C3(C)C)C[C@@H]2C(=O)N(c3ccccc3)C(=O)[C@@H]21. The number of fused-ring (bicyclic) bond motifs is 3. The predicted octanol–water partition coefficient (Wildman–Crippen LogP) is 4.06. The highest BCUT2D eigenvalue weighted by atomic mass is 32.2. The summed E-state index contributed by atoms with van der Waals surface area (Å²) in [5, 5.41) is 0.0963. The number of carbonyl (C=O) groups is 2. The van der Waals surface area contributed by atoms with Gasteiger partial charge in [0, 0.05) is 17.3 Å². The predicted molar refractivity (Wildman–Crippen MR) is 121 cm³/mol. The van der Waals surface area contributed by atoms with Crippen LogP contribution >= 0.6 is 0 Å². The molecule has 5 nitrogen and oxygen atoms in total.